The van der Waals surface area contributed by atoms with Crippen LogP contribution in [-0.4, -0.2) is 36.3 Å². The van der Waals surface area contributed by atoms with Crippen molar-refractivity contribution in [2.45, 2.75) is 30.2 Å². The maximum absolute atomic E-state index is 12.5. The van der Waals surface area contributed by atoms with Gasteiger partial charge in [-0.2, -0.15) is 4.31 Å². The van der Waals surface area contributed by atoms with Gasteiger partial charge in [0, 0.05) is 31.0 Å². The van der Waals surface area contributed by atoms with Gasteiger partial charge >= 0.3 is 0 Å². The van der Waals surface area contributed by atoms with Crippen molar-refractivity contribution in [1.82, 2.24) is 9.29 Å². The summed E-state index contributed by atoms with van der Waals surface area (Å²) in [5.74, 6) is 0. The number of nitrogens with zero attached hydrogens (tertiary/aromatic N) is 2. The highest BCUT2D eigenvalue weighted by Gasteiger charge is 2.43. The van der Waals surface area contributed by atoms with E-state index in [0.717, 1.165) is 12.8 Å². The number of hydrogen-bond donors (Lipinski definition) is 1. The normalized spacial score (nSPS) is 26.2. The molecule has 1 aromatic heterocycles. The zero-order valence-corrected chi connectivity index (χ0v) is 10.7. The van der Waals surface area contributed by atoms with Crippen molar-refractivity contribution >= 4 is 10.0 Å². The molecule has 94 valence electrons. The quantitative estimate of drug-likeness (QED) is 0.857. The van der Waals surface area contributed by atoms with Crippen LogP contribution in [0.25, 0.3) is 0 Å². The van der Waals surface area contributed by atoms with Crippen LogP contribution in [0.1, 0.15) is 19.8 Å². The molecule has 1 saturated heterocycles. The molecule has 1 aliphatic heterocycles. The van der Waals surface area contributed by atoms with Gasteiger partial charge in [0.2, 0.25) is 10.0 Å². The van der Waals surface area contributed by atoms with Crippen molar-refractivity contribution in [3.05, 3.63) is 24.5 Å². The lowest BCUT2D eigenvalue weighted by molar-refractivity contribution is 0.274. The molecule has 0 radical (unpaired) electrons. The van der Waals surface area contributed by atoms with Crippen molar-refractivity contribution in [3.8, 4) is 0 Å². The van der Waals surface area contributed by atoms with Crippen LogP contribution in [0.2, 0.25) is 0 Å². The van der Waals surface area contributed by atoms with Gasteiger partial charge in [-0.1, -0.05) is 0 Å². The first kappa shape index (κ1) is 12.5. The molecule has 2 rings (SSSR count). The molecule has 1 aliphatic rings. The molecule has 0 aromatic carbocycles. The van der Waals surface area contributed by atoms with Gasteiger partial charge in [-0.25, -0.2) is 8.42 Å². The fourth-order valence-corrected chi connectivity index (χ4v) is 4.09. The lowest BCUT2D eigenvalue weighted by Crippen LogP contribution is -2.49. The molecule has 1 fully saturated rings. The summed E-state index contributed by atoms with van der Waals surface area (Å²) in [6.45, 7) is 2.79. The van der Waals surface area contributed by atoms with E-state index >= 15 is 0 Å². The highest BCUT2D eigenvalue weighted by molar-refractivity contribution is 7.89. The lowest BCUT2D eigenvalue weighted by Gasteiger charge is -2.33. The Morgan fingerprint density at radius 1 is 1.47 bits per heavy atom. The summed E-state index contributed by atoms with van der Waals surface area (Å²) in [7, 11) is -3.45. The van der Waals surface area contributed by atoms with Crippen molar-refractivity contribution < 1.29 is 8.42 Å². The van der Waals surface area contributed by atoms with Gasteiger partial charge in [0.1, 0.15) is 0 Å². The van der Waals surface area contributed by atoms with E-state index in [1.807, 2.05) is 6.92 Å². The number of nitrogens with two attached hydrogens (primary N) is 1. The fraction of sp³-hybridized carbons (Fsp3) is 0.545. The monoisotopic (exact) mass is 255 g/mol. The van der Waals surface area contributed by atoms with Crippen LogP contribution >= 0.6 is 0 Å². The van der Waals surface area contributed by atoms with E-state index in [1.165, 1.54) is 28.8 Å². The third-order valence-electron chi connectivity index (χ3n) is 3.36. The van der Waals surface area contributed by atoms with Gasteiger partial charge in [-0.3, -0.25) is 4.98 Å². The molecule has 1 unspecified atom stereocenters. The summed E-state index contributed by atoms with van der Waals surface area (Å²) in [6.07, 6.45) is 4.65. The Bertz CT molecular complexity index is 489. The zero-order chi connectivity index (χ0) is 12.5. The standard InChI is InChI=1S/C11H17N3O2S/c1-11(9-12)5-2-8-14(11)17(15,16)10-3-6-13-7-4-10/h3-4,6-7H,2,5,8-9,12H2,1H3. The third kappa shape index (κ3) is 2.08. The second kappa shape index (κ2) is 4.36. The van der Waals surface area contributed by atoms with Crippen LogP contribution in [0.5, 0.6) is 0 Å². The first-order valence-electron chi connectivity index (χ1n) is 5.64. The maximum Gasteiger partial charge on any atom is 0.243 e. The van der Waals surface area contributed by atoms with Crippen LogP contribution in [-0.2, 0) is 10.0 Å². The lowest BCUT2D eigenvalue weighted by atomic mass is 10.0. The summed E-state index contributed by atoms with van der Waals surface area (Å²) in [5.41, 5.74) is 5.26. The van der Waals surface area contributed by atoms with Gasteiger partial charge < -0.3 is 5.73 Å². The van der Waals surface area contributed by atoms with Crippen molar-refractivity contribution in [2.24, 2.45) is 5.73 Å². The SMILES string of the molecule is CC1(CN)CCCN1S(=O)(=O)c1ccncc1. The fourth-order valence-electron chi connectivity index (χ4n) is 2.25. The molecular weight excluding hydrogens is 238 g/mol. The molecule has 0 saturated carbocycles. The molecule has 0 bridgehead atoms. The van der Waals surface area contributed by atoms with Gasteiger partial charge in [-0.05, 0) is 31.9 Å². The average Bonchev–Trinajstić information content (AvgIpc) is 2.74. The highest BCUT2D eigenvalue weighted by atomic mass is 32.2. The summed E-state index contributed by atoms with van der Waals surface area (Å²) < 4.78 is 26.4. The van der Waals surface area contributed by atoms with Gasteiger partial charge in [0.25, 0.3) is 0 Å². The van der Waals surface area contributed by atoms with Crippen LogP contribution in [0.3, 0.4) is 0 Å². The van der Waals surface area contributed by atoms with Crippen LogP contribution in [0.15, 0.2) is 29.4 Å². The highest BCUT2D eigenvalue weighted by Crippen LogP contribution is 2.33. The first-order chi connectivity index (χ1) is 8.00. The molecule has 0 spiro atoms. The Balaban J connectivity index is 2.40. The number of aromatic nitrogens is 1. The smallest absolute Gasteiger partial charge is 0.243 e. The van der Waals surface area contributed by atoms with Gasteiger partial charge in [0.15, 0.2) is 0 Å². The topological polar surface area (TPSA) is 76.3 Å². The summed E-state index contributed by atoms with van der Waals surface area (Å²) in [6, 6.07) is 3.04. The molecule has 17 heavy (non-hydrogen) atoms. The van der Waals surface area contributed by atoms with Crippen molar-refractivity contribution in [3.63, 3.8) is 0 Å². The van der Waals surface area contributed by atoms with E-state index in [2.05, 4.69) is 4.98 Å². The number of pyridine rings is 1. The molecule has 6 heteroatoms. The third-order valence-corrected chi connectivity index (χ3v) is 5.43. The van der Waals surface area contributed by atoms with E-state index < -0.39 is 15.6 Å². The first-order valence-corrected chi connectivity index (χ1v) is 7.08. The second-order valence-electron chi connectivity index (χ2n) is 4.56. The van der Waals surface area contributed by atoms with Crippen LogP contribution in [0, 0.1) is 0 Å². The van der Waals surface area contributed by atoms with Gasteiger partial charge in [-0.15, -0.1) is 0 Å². The summed E-state index contributed by atoms with van der Waals surface area (Å²) in [4.78, 5) is 4.12. The largest absolute Gasteiger partial charge is 0.329 e. The second-order valence-corrected chi connectivity index (χ2v) is 6.43. The molecule has 1 aromatic rings. The predicted molar refractivity (Wildman–Crippen MR) is 64.8 cm³/mol. The van der Waals surface area contributed by atoms with Crippen LogP contribution < -0.4 is 5.73 Å². The zero-order valence-electron chi connectivity index (χ0n) is 9.83. The summed E-state index contributed by atoms with van der Waals surface area (Å²) >= 11 is 0. The Hall–Kier alpha value is -0.980. The molecule has 2 heterocycles. The van der Waals surface area contributed by atoms with Crippen LogP contribution in [0.4, 0.5) is 0 Å². The predicted octanol–water partition coefficient (Wildman–Crippen LogP) is 0.584. The van der Waals surface area contributed by atoms with E-state index in [-0.39, 0.29) is 4.90 Å². The van der Waals surface area contributed by atoms with Gasteiger partial charge in [0.05, 0.1) is 4.90 Å². The molecule has 0 aliphatic carbocycles. The Morgan fingerprint density at radius 2 is 2.12 bits per heavy atom. The molecule has 0 amide bonds. The number of sulfonamides is 1. The van der Waals surface area contributed by atoms with E-state index in [9.17, 15) is 8.42 Å². The van der Waals surface area contributed by atoms with E-state index in [4.69, 9.17) is 5.73 Å². The summed E-state index contributed by atoms with van der Waals surface area (Å²) in [5, 5.41) is 0. The maximum atomic E-state index is 12.5. The Morgan fingerprint density at radius 3 is 2.71 bits per heavy atom. The van der Waals surface area contributed by atoms with E-state index in [1.54, 1.807) is 0 Å². The van der Waals surface area contributed by atoms with Crippen molar-refractivity contribution in [2.75, 3.05) is 13.1 Å². The minimum absolute atomic E-state index is 0.286. The number of hydrogen-bond acceptors (Lipinski definition) is 4. The molecular formula is C11H17N3O2S. The Labute approximate surface area is 102 Å². The number of rotatable bonds is 3. The van der Waals surface area contributed by atoms with Crippen molar-refractivity contribution in [1.29, 1.82) is 0 Å². The molecule has 2 N–H and O–H groups in total. The minimum atomic E-state index is -3.45. The minimum Gasteiger partial charge on any atom is -0.329 e. The molecule has 1 atom stereocenters. The Kier molecular flexibility index (Phi) is 3.20. The average molecular weight is 255 g/mol. The molecule has 5 nitrogen and oxygen atoms in total. The van der Waals surface area contributed by atoms with E-state index in [0.29, 0.717) is 13.1 Å².